The number of ether oxygens (including phenoxy) is 4. The Morgan fingerprint density at radius 2 is 1.51 bits per heavy atom. The summed E-state index contributed by atoms with van der Waals surface area (Å²) in [7, 11) is 0. The van der Waals surface area contributed by atoms with Crippen molar-refractivity contribution < 1.29 is 42.5 Å². The topological polar surface area (TPSA) is 118 Å². The van der Waals surface area contributed by atoms with E-state index in [1.807, 2.05) is 6.92 Å². The van der Waals surface area contributed by atoms with Crippen LogP contribution in [0.3, 0.4) is 0 Å². The van der Waals surface area contributed by atoms with Gasteiger partial charge in [0.05, 0.1) is 12.5 Å². The summed E-state index contributed by atoms with van der Waals surface area (Å²) in [6.45, 7) is 9.85. The van der Waals surface area contributed by atoms with Gasteiger partial charge in [0.1, 0.15) is 25.4 Å². The Hall–Kier alpha value is -2.84. The number of furan rings is 1. The average molecular weight is 519 g/mol. The molecule has 204 valence electrons. The molecule has 37 heavy (non-hydrogen) atoms. The standard InChI is InChI=1S/C28H38O9/c1-16(29)34-14-27(6)23-9-10-28(15-35-17(2)30)21-13-33-12-20(21)7-8-24(28)26(23,5)11-22(36-18(3)31)25(27)37-19(4)32/h12-13,22-25H,7-11,14-15H2,1-6H3/t22-,23?,24?,25-,26-,27+,28+/m0/s1. The van der Waals surface area contributed by atoms with Gasteiger partial charge >= 0.3 is 23.9 Å². The average Bonchev–Trinajstić information content (AvgIpc) is 3.28. The normalized spacial score (nSPS) is 36.3. The largest absolute Gasteiger partial charge is 0.472 e. The second-order valence-electron chi connectivity index (χ2n) is 11.6. The fourth-order valence-electron chi connectivity index (χ4n) is 8.12. The predicted molar refractivity (Wildman–Crippen MR) is 130 cm³/mol. The summed E-state index contributed by atoms with van der Waals surface area (Å²) in [6, 6.07) is 0. The molecule has 1 heterocycles. The van der Waals surface area contributed by atoms with E-state index >= 15 is 0 Å². The van der Waals surface area contributed by atoms with Crippen LogP contribution in [0.1, 0.15) is 78.4 Å². The molecule has 3 aliphatic carbocycles. The minimum Gasteiger partial charge on any atom is -0.472 e. The van der Waals surface area contributed by atoms with Crippen LogP contribution in [0.2, 0.25) is 0 Å². The van der Waals surface area contributed by atoms with E-state index in [9.17, 15) is 19.2 Å². The van der Waals surface area contributed by atoms with Crippen LogP contribution in [-0.4, -0.2) is 49.3 Å². The van der Waals surface area contributed by atoms with Gasteiger partial charge in [0.15, 0.2) is 0 Å². The third kappa shape index (κ3) is 4.66. The van der Waals surface area contributed by atoms with Gasteiger partial charge in [-0.15, -0.1) is 0 Å². The fraction of sp³-hybridized carbons (Fsp3) is 0.714. The summed E-state index contributed by atoms with van der Waals surface area (Å²) >= 11 is 0. The molecular weight excluding hydrogens is 480 g/mol. The van der Waals surface area contributed by atoms with Gasteiger partial charge in [-0.3, -0.25) is 19.2 Å². The molecule has 4 rings (SSSR count). The van der Waals surface area contributed by atoms with Gasteiger partial charge in [-0.2, -0.15) is 0 Å². The number of hydrogen-bond donors (Lipinski definition) is 0. The molecule has 2 fully saturated rings. The number of aryl methyl sites for hydroxylation is 1. The summed E-state index contributed by atoms with van der Waals surface area (Å²) in [5.41, 5.74) is 0.499. The molecule has 0 radical (unpaired) electrons. The highest BCUT2D eigenvalue weighted by atomic mass is 16.6. The van der Waals surface area contributed by atoms with Crippen LogP contribution in [0, 0.1) is 22.7 Å². The van der Waals surface area contributed by atoms with E-state index in [-0.39, 0.29) is 31.0 Å². The summed E-state index contributed by atoms with van der Waals surface area (Å²) in [5, 5.41) is 0. The first-order chi connectivity index (χ1) is 17.3. The van der Waals surface area contributed by atoms with Crippen molar-refractivity contribution in [1.82, 2.24) is 0 Å². The molecular formula is C28H38O9. The van der Waals surface area contributed by atoms with Gasteiger partial charge in [-0.25, -0.2) is 0 Å². The quantitative estimate of drug-likeness (QED) is 0.408. The van der Waals surface area contributed by atoms with E-state index in [1.54, 1.807) is 12.5 Å². The molecule has 2 saturated carbocycles. The molecule has 9 nitrogen and oxygen atoms in total. The van der Waals surface area contributed by atoms with Crippen LogP contribution in [-0.2, 0) is 50.0 Å². The van der Waals surface area contributed by atoms with Crippen LogP contribution >= 0.6 is 0 Å². The highest BCUT2D eigenvalue weighted by molar-refractivity contribution is 5.68. The zero-order valence-electron chi connectivity index (χ0n) is 22.6. The van der Waals surface area contributed by atoms with E-state index in [0.717, 1.165) is 30.4 Å². The first-order valence-corrected chi connectivity index (χ1v) is 13.0. The van der Waals surface area contributed by atoms with E-state index in [4.69, 9.17) is 23.4 Å². The third-order valence-electron chi connectivity index (χ3n) is 9.27. The van der Waals surface area contributed by atoms with Crippen molar-refractivity contribution in [3.8, 4) is 0 Å². The highest BCUT2D eigenvalue weighted by Crippen LogP contribution is 2.67. The van der Waals surface area contributed by atoms with Crippen molar-refractivity contribution >= 4 is 23.9 Å². The molecule has 0 N–H and O–H groups in total. The van der Waals surface area contributed by atoms with E-state index in [0.29, 0.717) is 12.8 Å². The number of fused-ring (bicyclic) bond motifs is 5. The Bertz CT molecular complexity index is 1080. The highest BCUT2D eigenvalue weighted by Gasteiger charge is 2.68. The number of esters is 4. The van der Waals surface area contributed by atoms with Gasteiger partial charge < -0.3 is 23.4 Å². The van der Waals surface area contributed by atoms with Crippen molar-refractivity contribution in [2.75, 3.05) is 13.2 Å². The molecule has 3 aliphatic rings. The summed E-state index contributed by atoms with van der Waals surface area (Å²) in [4.78, 5) is 48.3. The van der Waals surface area contributed by atoms with Crippen molar-refractivity contribution in [2.24, 2.45) is 22.7 Å². The van der Waals surface area contributed by atoms with Crippen LogP contribution in [0.25, 0.3) is 0 Å². The molecule has 1 aromatic heterocycles. The van der Waals surface area contributed by atoms with Gasteiger partial charge in [-0.05, 0) is 54.9 Å². The monoisotopic (exact) mass is 518 g/mol. The minimum atomic E-state index is -0.811. The van der Waals surface area contributed by atoms with Gasteiger partial charge in [0, 0.05) is 44.1 Å². The van der Waals surface area contributed by atoms with Crippen LogP contribution in [0.5, 0.6) is 0 Å². The predicted octanol–water partition coefficient (Wildman–Crippen LogP) is 3.90. The molecule has 1 aromatic rings. The number of carbonyl (C=O) groups is 4. The first kappa shape index (κ1) is 27.2. The lowest BCUT2D eigenvalue weighted by Gasteiger charge is -2.66. The van der Waals surface area contributed by atoms with Crippen molar-refractivity contribution in [3.05, 3.63) is 23.7 Å². The first-order valence-electron chi connectivity index (χ1n) is 13.0. The van der Waals surface area contributed by atoms with Gasteiger partial charge in [-0.1, -0.05) is 13.8 Å². The molecule has 7 atom stereocenters. The van der Waals surface area contributed by atoms with Gasteiger partial charge in [0.25, 0.3) is 0 Å². The summed E-state index contributed by atoms with van der Waals surface area (Å²) in [5.74, 6) is -1.70. The third-order valence-corrected chi connectivity index (χ3v) is 9.27. The second-order valence-corrected chi connectivity index (χ2v) is 11.6. The molecule has 2 unspecified atom stereocenters. The van der Waals surface area contributed by atoms with E-state index in [1.165, 1.54) is 27.7 Å². The zero-order chi connectivity index (χ0) is 27.2. The number of hydrogen-bond acceptors (Lipinski definition) is 9. The van der Waals surface area contributed by atoms with Crippen LogP contribution < -0.4 is 0 Å². The number of carbonyl (C=O) groups excluding carboxylic acids is 4. The maximum absolute atomic E-state index is 12.2. The second kappa shape index (κ2) is 9.80. The molecule has 0 amide bonds. The summed E-state index contributed by atoms with van der Waals surface area (Å²) < 4.78 is 28.6. The Kier molecular flexibility index (Phi) is 7.20. The van der Waals surface area contributed by atoms with Crippen LogP contribution in [0.15, 0.2) is 16.9 Å². The lowest BCUT2D eigenvalue weighted by atomic mass is 9.39. The number of rotatable bonds is 6. The van der Waals surface area contributed by atoms with E-state index < -0.39 is 46.4 Å². The molecule has 0 aliphatic heterocycles. The SMILES string of the molecule is CC(=O)OC[C@@]12CCC3[C@](C)(C[C@H](OC(C)=O)[C@H](OC(C)=O)[C@]3(C)COC(C)=O)C1CCc1cocc12. The molecule has 0 bridgehead atoms. The maximum Gasteiger partial charge on any atom is 0.303 e. The Morgan fingerprint density at radius 3 is 2.14 bits per heavy atom. The maximum atomic E-state index is 12.2. The Labute approximate surface area is 217 Å². The lowest BCUT2D eigenvalue weighted by molar-refractivity contribution is -0.243. The Balaban J connectivity index is 1.84. The lowest BCUT2D eigenvalue weighted by Crippen LogP contribution is -2.68. The Morgan fingerprint density at radius 1 is 0.865 bits per heavy atom. The summed E-state index contributed by atoms with van der Waals surface area (Å²) in [6.07, 6.45) is 5.59. The zero-order valence-corrected chi connectivity index (χ0v) is 22.6. The van der Waals surface area contributed by atoms with Crippen LogP contribution in [0.4, 0.5) is 0 Å². The molecule has 0 spiro atoms. The fourth-order valence-corrected chi connectivity index (χ4v) is 8.12. The van der Waals surface area contributed by atoms with E-state index in [2.05, 4.69) is 6.92 Å². The molecule has 0 aromatic carbocycles. The van der Waals surface area contributed by atoms with Crippen molar-refractivity contribution in [3.63, 3.8) is 0 Å². The molecule has 0 saturated heterocycles. The smallest absolute Gasteiger partial charge is 0.303 e. The van der Waals surface area contributed by atoms with Crippen molar-refractivity contribution in [1.29, 1.82) is 0 Å². The van der Waals surface area contributed by atoms with Gasteiger partial charge in [0.2, 0.25) is 0 Å². The minimum absolute atomic E-state index is 0.0267. The molecule has 9 heteroatoms. The van der Waals surface area contributed by atoms with Crippen molar-refractivity contribution in [2.45, 2.75) is 91.3 Å².